The molecule has 0 bridgehead atoms. The van der Waals surface area contributed by atoms with Crippen molar-refractivity contribution in [3.05, 3.63) is 64.7 Å². The molecule has 0 fully saturated rings. The fraction of sp³-hybridized carbons (Fsp3) is 0.235. The fourth-order valence-corrected chi connectivity index (χ4v) is 2.31. The van der Waals surface area contributed by atoms with Crippen LogP contribution in [0.15, 0.2) is 42.5 Å². The van der Waals surface area contributed by atoms with Gasteiger partial charge in [-0.05, 0) is 29.7 Å². The molecule has 0 amide bonds. The van der Waals surface area contributed by atoms with Crippen molar-refractivity contribution in [1.29, 1.82) is 0 Å². The topological polar surface area (TPSA) is 35.5 Å². The van der Waals surface area contributed by atoms with Crippen LogP contribution in [0.4, 0.5) is 0 Å². The first-order valence-corrected chi connectivity index (χ1v) is 6.79. The van der Waals surface area contributed by atoms with Crippen LogP contribution in [0.25, 0.3) is 0 Å². The molecule has 0 saturated carbocycles. The van der Waals surface area contributed by atoms with E-state index in [1.54, 1.807) is 0 Å². The summed E-state index contributed by atoms with van der Waals surface area (Å²) in [4.78, 5) is 22.1. The summed E-state index contributed by atoms with van der Waals surface area (Å²) in [5.74, 6) is 0.876. The molecule has 102 valence electrons. The summed E-state index contributed by atoms with van der Waals surface area (Å²) >= 11 is 0. The molecule has 0 unspecified atom stereocenters. The summed E-state index contributed by atoms with van der Waals surface area (Å²) in [5, 5.41) is 0. The molecule has 3 heteroatoms. The number of ketones is 1. The summed E-state index contributed by atoms with van der Waals surface area (Å²) in [5.41, 5.74) is 3.99. The predicted octanol–water partition coefficient (Wildman–Crippen LogP) is 3.50. The second-order valence-electron chi connectivity index (χ2n) is 4.94. The van der Waals surface area contributed by atoms with Gasteiger partial charge in [-0.1, -0.05) is 37.3 Å². The molecule has 1 aliphatic rings. The van der Waals surface area contributed by atoms with E-state index in [0.717, 1.165) is 28.9 Å². The van der Waals surface area contributed by atoms with Crippen molar-refractivity contribution in [3.63, 3.8) is 0 Å². The van der Waals surface area contributed by atoms with Crippen LogP contribution >= 0.6 is 0 Å². The van der Waals surface area contributed by atoms with Crippen LogP contribution in [0, 0.1) is 0 Å². The number of Topliss-reactive ketones (excluding diaryl/α,β-unsaturated/α-hetero) is 1. The molecule has 0 radical (unpaired) electrons. The van der Waals surface area contributed by atoms with E-state index in [1.807, 2.05) is 42.5 Å². The summed E-state index contributed by atoms with van der Waals surface area (Å²) in [6.07, 6.45) is 1.39. The first-order chi connectivity index (χ1) is 9.76. The smallest absolute Gasteiger partial charge is 0.171 e. The number of aryl methyl sites for hydroxylation is 1. The van der Waals surface area contributed by atoms with Gasteiger partial charge in [0.25, 0.3) is 0 Å². The van der Waals surface area contributed by atoms with E-state index < -0.39 is 0 Å². The summed E-state index contributed by atoms with van der Waals surface area (Å²) in [7, 11) is 0. The van der Waals surface area contributed by atoms with Gasteiger partial charge in [-0.25, -0.2) is 0 Å². The lowest BCUT2D eigenvalue weighted by molar-refractivity contribution is -0.194. The van der Waals surface area contributed by atoms with Crippen LogP contribution in [0.1, 0.15) is 34.0 Å². The van der Waals surface area contributed by atoms with E-state index in [1.165, 1.54) is 5.56 Å². The van der Waals surface area contributed by atoms with Crippen molar-refractivity contribution >= 4 is 5.78 Å². The van der Waals surface area contributed by atoms with Gasteiger partial charge < -0.3 is 4.89 Å². The number of rotatable bonds is 4. The minimum absolute atomic E-state index is 0.132. The molecule has 0 atom stereocenters. The zero-order chi connectivity index (χ0) is 13.9. The van der Waals surface area contributed by atoms with Crippen molar-refractivity contribution < 1.29 is 14.6 Å². The Hall–Kier alpha value is -2.13. The molecule has 1 aliphatic heterocycles. The molecular weight excluding hydrogens is 252 g/mol. The molecule has 3 nitrogen and oxygen atoms in total. The zero-order valence-electron chi connectivity index (χ0n) is 11.4. The molecule has 0 aromatic heterocycles. The summed E-state index contributed by atoms with van der Waals surface area (Å²) in [6, 6.07) is 13.6. The van der Waals surface area contributed by atoms with Gasteiger partial charge in [-0.3, -0.25) is 4.79 Å². The molecule has 20 heavy (non-hydrogen) atoms. The predicted molar refractivity (Wildman–Crippen MR) is 75.7 cm³/mol. The Kier molecular flexibility index (Phi) is 3.52. The van der Waals surface area contributed by atoms with Gasteiger partial charge in [0, 0.05) is 17.5 Å². The van der Waals surface area contributed by atoms with Crippen LogP contribution < -0.4 is 4.89 Å². The van der Waals surface area contributed by atoms with Gasteiger partial charge in [0.15, 0.2) is 11.5 Å². The highest BCUT2D eigenvalue weighted by Gasteiger charge is 2.15. The Morgan fingerprint density at radius 1 is 1.10 bits per heavy atom. The standard InChI is InChI=1S/C17H16O3/c1-2-12-3-6-14(7-4-12)16(18)10-13-5-8-17-15(9-13)11-19-20-17/h3-9H,2,10-11H2,1H3. The third kappa shape index (κ3) is 2.58. The lowest BCUT2D eigenvalue weighted by atomic mass is 10.00. The van der Waals surface area contributed by atoms with Crippen LogP contribution in [0.2, 0.25) is 0 Å². The SMILES string of the molecule is CCc1ccc(C(=O)Cc2ccc3c(c2)COO3)cc1. The lowest BCUT2D eigenvalue weighted by Crippen LogP contribution is -2.03. The average molecular weight is 268 g/mol. The molecule has 0 aliphatic carbocycles. The highest BCUT2D eigenvalue weighted by atomic mass is 17.2. The molecule has 2 aromatic carbocycles. The molecule has 2 aromatic rings. The number of fused-ring (bicyclic) bond motifs is 1. The first-order valence-electron chi connectivity index (χ1n) is 6.79. The highest BCUT2D eigenvalue weighted by Crippen LogP contribution is 2.27. The van der Waals surface area contributed by atoms with E-state index in [4.69, 9.17) is 9.78 Å². The lowest BCUT2D eigenvalue weighted by Gasteiger charge is -2.04. The van der Waals surface area contributed by atoms with Gasteiger partial charge in [0.2, 0.25) is 0 Å². The van der Waals surface area contributed by atoms with E-state index >= 15 is 0 Å². The monoisotopic (exact) mass is 268 g/mol. The first kappa shape index (κ1) is 12.9. The van der Waals surface area contributed by atoms with E-state index in [9.17, 15) is 4.79 Å². The fourth-order valence-electron chi connectivity index (χ4n) is 2.31. The second kappa shape index (κ2) is 5.47. The quantitative estimate of drug-likeness (QED) is 0.629. The zero-order valence-corrected chi connectivity index (χ0v) is 11.4. The van der Waals surface area contributed by atoms with Crippen molar-refractivity contribution in [2.45, 2.75) is 26.4 Å². The van der Waals surface area contributed by atoms with Gasteiger partial charge >= 0.3 is 0 Å². The number of carbonyl (C=O) groups excluding carboxylic acids is 1. The maximum atomic E-state index is 12.3. The Bertz CT molecular complexity index is 629. The summed E-state index contributed by atoms with van der Waals surface area (Å²) < 4.78 is 0. The minimum Gasteiger partial charge on any atom is -0.337 e. The van der Waals surface area contributed by atoms with Crippen molar-refractivity contribution in [1.82, 2.24) is 0 Å². The second-order valence-corrected chi connectivity index (χ2v) is 4.94. The van der Waals surface area contributed by atoms with Crippen LogP contribution in [-0.2, 0) is 24.3 Å². The number of hydrogen-bond donors (Lipinski definition) is 0. The summed E-state index contributed by atoms with van der Waals surface area (Å²) in [6.45, 7) is 2.55. The normalized spacial score (nSPS) is 12.8. The minimum atomic E-state index is 0.132. The molecule has 3 rings (SSSR count). The van der Waals surface area contributed by atoms with Gasteiger partial charge in [-0.2, -0.15) is 4.89 Å². The number of hydrogen-bond acceptors (Lipinski definition) is 3. The van der Waals surface area contributed by atoms with Crippen LogP contribution in [0.5, 0.6) is 5.75 Å². The maximum Gasteiger partial charge on any atom is 0.171 e. The van der Waals surface area contributed by atoms with Crippen LogP contribution in [0.3, 0.4) is 0 Å². The number of benzene rings is 2. The van der Waals surface area contributed by atoms with Crippen molar-refractivity contribution in [2.24, 2.45) is 0 Å². The highest BCUT2D eigenvalue weighted by molar-refractivity contribution is 5.97. The van der Waals surface area contributed by atoms with Crippen molar-refractivity contribution in [3.8, 4) is 5.75 Å². The Labute approximate surface area is 118 Å². The van der Waals surface area contributed by atoms with E-state index in [2.05, 4.69) is 6.92 Å². The van der Waals surface area contributed by atoms with E-state index in [-0.39, 0.29) is 5.78 Å². The Morgan fingerprint density at radius 3 is 2.60 bits per heavy atom. The van der Waals surface area contributed by atoms with E-state index in [0.29, 0.717) is 13.0 Å². The molecule has 1 heterocycles. The molecular formula is C17H16O3. The average Bonchev–Trinajstić information content (AvgIpc) is 2.95. The Morgan fingerprint density at radius 2 is 1.85 bits per heavy atom. The molecule has 0 N–H and O–H groups in total. The van der Waals surface area contributed by atoms with Gasteiger partial charge in [0.1, 0.15) is 6.61 Å². The maximum absolute atomic E-state index is 12.3. The molecule has 0 spiro atoms. The van der Waals surface area contributed by atoms with Crippen LogP contribution in [-0.4, -0.2) is 5.78 Å². The van der Waals surface area contributed by atoms with Crippen molar-refractivity contribution in [2.75, 3.05) is 0 Å². The van der Waals surface area contributed by atoms with Gasteiger partial charge in [0.05, 0.1) is 0 Å². The number of carbonyl (C=O) groups is 1. The van der Waals surface area contributed by atoms with Gasteiger partial charge in [-0.15, -0.1) is 0 Å². The largest absolute Gasteiger partial charge is 0.337 e. The Balaban J connectivity index is 1.75. The molecule has 0 saturated heterocycles. The third-order valence-electron chi connectivity index (χ3n) is 3.54. The third-order valence-corrected chi connectivity index (χ3v) is 3.54.